The third-order valence-corrected chi connectivity index (χ3v) is 2.25. The van der Waals surface area contributed by atoms with Crippen LogP contribution < -0.4 is 5.32 Å². The summed E-state index contributed by atoms with van der Waals surface area (Å²) >= 11 is 5.63. The Bertz CT molecular complexity index is 262. The van der Waals surface area contributed by atoms with Crippen LogP contribution in [-0.4, -0.2) is 17.8 Å². The van der Waals surface area contributed by atoms with E-state index >= 15 is 0 Å². The van der Waals surface area contributed by atoms with E-state index in [1.807, 2.05) is 6.07 Å². The third-order valence-electron chi connectivity index (χ3n) is 2.05. The summed E-state index contributed by atoms with van der Waals surface area (Å²) in [5, 5.41) is 12.3. The zero-order valence-corrected chi connectivity index (χ0v) is 9.05. The molecule has 0 fully saturated rings. The number of hydrogen-bond acceptors (Lipinski definition) is 3. The summed E-state index contributed by atoms with van der Waals surface area (Å²) in [7, 11) is 0. The minimum absolute atomic E-state index is 0.249. The van der Waals surface area contributed by atoms with E-state index < -0.39 is 0 Å². The predicted octanol–water partition coefficient (Wildman–Crippen LogP) is 2.18. The van der Waals surface area contributed by atoms with Gasteiger partial charge >= 0.3 is 0 Å². The summed E-state index contributed by atoms with van der Waals surface area (Å²) in [5.74, 6) is 0.839. The third kappa shape index (κ3) is 4.13. The molecule has 1 heterocycles. The molecule has 1 aromatic rings. The molecule has 0 saturated heterocycles. The normalized spacial score (nSPS) is 13.1. The molecular formula is C10H16ClNO2. The summed E-state index contributed by atoms with van der Waals surface area (Å²) in [5.41, 5.74) is 0. The van der Waals surface area contributed by atoms with Crippen LogP contribution in [0.25, 0.3) is 0 Å². The first-order chi connectivity index (χ1) is 6.72. The Balaban J connectivity index is 2.20. The molecule has 0 bridgehead atoms. The van der Waals surface area contributed by atoms with Crippen LogP contribution in [0.2, 0.25) is 5.22 Å². The predicted molar refractivity (Wildman–Crippen MR) is 56.3 cm³/mol. The van der Waals surface area contributed by atoms with Gasteiger partial charge in [0.1, 0.15) is 5.76 Å². The highest BCUT2D eigenvalue weighted by Crippen LogP contribution is 2.12. The maximum atomic E-state index is 8.64. The molecule has 1 unspecified atom stereocenters. The van der Waals surface area contributed by atoms with Gasteiger partial charge < -0.3 is 14.8 Å². The molecule has 0 aliphatic rings. The first-order valence-corrected chi connectivity index (χ1v) is 5.18. The average Bonchev–Trinajstić information content (AvgIpc) is 2.58. The van der Waals surface area contributed by atoms with Gasteiger partial charge in [0.2, 0.25) is 0 Å². The molecule has 1 atom stereocenters. The van der Waals surface area contributed by atoms with Crippen molar-refractivity contribution in [3.8, 4) is 0 Å². The van der Waals surface area contributed by atoms with Gasteiger partial charge in [0, 0.05) is 12.6 Å². The largest absolute Gasteiger partial charge is 0.448 e. The van der Waals surface area contributed by atoms with E-state index in [2.05, 4.69) is 12.2 Å². The fourth-order valence-electron chi connectivity index (χ4n) is 1.22. The van der Waals surface area contributed by atoms with Crippen molar-refractivity contribution in [3.05, 3.63) is 23.1 Å². The maximum Gasteiger partial charge on any atom is 0.193 e. The molecule has 0 spiro atoms. The Morgan fingerprint density at radius 2 is 2.36 bits per heavy atom. The lowest BCUT2D eigenvalue weighted by Gasteiger charge is -2.11. The van der Waals surface area contributed by atoms with Gasteiger partial charge in [-0.15, -0.1) is 0 Å². The molecule has 2 N–H and O–H groups in total. The molecule has 0 aliphatic heterocycles. The van der Waals surface area contributed by atoms with E-state index in [0.29, 0.717) is 17.8 Å². The second-order valence-corrected chi connectivity index (χ2v) is 3.73. The van der Waals surface area contributed by atoms with Gasteiger partial charge in [-0.2, -0.15) is 0 Å². The second kappa shape index (κ2) is 6.06. The van der Waals surface area contributed by atoms with Crippen molar-refractivity contribution < 1.29 is 9.52 Å². The fourth-order valence-corrected chi connectivity index (χ4v) is 1.38. The van der Waals surface area contributed by atoms with Crippen LogP contribution in [-0.2, 0) is 6.54 Å². The molecular weight excluding hydrogens is 202 g/mol. The van der Waals surface area contributed by atoms with Crippen molar-refractivity contribution in [1.82, 2.24) is 5.32 Å². The van der Waals surface area contributed by atoms with Crippen LogP contribution in [0.4, 0.5) is 0 Å². The van der Waals surface area contributed by atoms with Gasteiger partial charge in [0.15, 0.2) is 5.22 Å². The van der Waals surface area contributed by atoms with Crippen LogP contribution in [0.1, 0.15) is 25.5 Å². The standard InChI is InChI=1S/C10H16ClNO2/c1-8(3-2-6-13)12-7-9-4-5-10(11)14-9/h4-5,8,12-13H,2-3,6-7H2,1H3. The molecule has 1 rings (SSSR count). The van der Waals surface area contributed by atoms with Crippen molar-refractivity contribution in [2.24, 2.45) is 0 Å². The van der Waals surface area contributed by atoms with Crippen LogP contribution in [0.5, 0.6) is 0 Å². The van der Waals surface area contributed by atoms with Crippen molar-refractivity contribution in [3.63, 3.8) is 0 Å². The topological polar surface area (TPSA) is 45.4 Å². The molecule has 0 radical (unpaired) electrons. The lowest BCUT2D eigenvalue weighted by molar-refractivity contribution is 0.275. The van der Waals surface area contributed by atoms with Crippen molar-refractivity contribution in [1.29, 1.82) is 0 Å². The Hall–Kier alpha value is -0.510. The van der Waals surface area contributed by atoms with Crippen LogP contribution in [0.15, 0.2) is 16.5 Å². The molecule has 0 aromatic carbocycles. The Labute approximate surface area is 89.1 Å². The van der Waals surface area contributed by atoms with Crippen LogP contribution in [0, 0.1) is 0 Å². The molecule has 0 saturated carbocycles. The zero-order valence-electron chi connectivity index (χ0n) is 8.29. The summed E-state index contributed by atoms with van der Waals surface area (Å²) in [4.78, 5) is 0. The SMILES string of the molecule is CC(CCCO)NCc1ccc(Cl)o1. The number of aliphatic hydroxyl groups excluding tert-OH is 1. The quantitative estimate of drug-likeness (QED) is 0.768. The van der Waals surface area contributed by atoms with Gasteiger partial charge in [-0.1, -0.05) is 0 Å². The minimum atomic E-state index is 0.249. The van der Waals surface area contributed by atoms with Gasteiger partial charge in [0.05, 0.1) is 6.54 Å². The molecule has 14 heavy (non-hydrogen) atoms. The number of nitrogens with one attached hydrogen (secondary N) is 1. The summed E-state index contributed by atoms with van der Waals surface area (Å²) in [6.07, 6.45) is 1.79. The van der Waals surface area contributed by atoms with Crippen molar-refractivity contribution in [2.75, 3.05) is 6.61 Å². The smallest absolute Gasteiger partial charge is 0.193 e. The lowest BCUT2D eigenvalue weighted by atomic mass is 10.2. The molecule has 4 heteroatoms. The molecule has 1 aromatic heterocycles. The van der Waals surface area contributed by atoms with Gasteiger partial charge in [0.25, 0.3) is 0 Å². The minimum Gasteiger partial charge on any atom is -0.448 e. The van der Waals surface area contributed by atoms with Crippen molar-refractivity contribution in [2.45, 2.75) is 32.4 Å². The molecule has 0 aliphatic carbocycles. The number of rotatable bonds is 6. The monoisotopic (exact) mass is 217 g/mol. The average molecular weight is 218 g/mol. The number of furan rings is 1. The van der Waals surface area contributed by atoms with Gasteiger partial charge in [-0.05, 0) is 43.5 Å². The fraction of sp³-hybridized carbons (Fsp3) is 0.600. The van der Waals surface area contributed by atoms with Gasteiger partial charge in [-0.25, -0.2) is 0 Å². The maximum absolute atomic E-state index is 8.64. The lowest BCUT2D eigenvalue weighted by Crippen LogP contribution is -2.25. The first kappa shape index (κ1) is 11.6. The highest BCUT2D eigenvalue weighted by atomic mass is 35.5. The Morgan fingerprint density at radius 1 is 1.57 bits per heavy atom. The summed E-state index contributed by atoms with van der Waals surface area (Å²) in [6.45, 7) is 3.01. The summed E-state index contributed by atoms with van der Waals surface area (Å²) in [6, 6.07) is 3.97. The second-order valence-electron chi connectivity index (χ2n) is 3.35. The Kier molecular flexibility index (Phi) is 5.01. The zero-order chi connectivity index (χ0) is 10.4. The van der Waals surface area contributed by atoms with E-state index in [0.717, 1.165) is 18.6 Å². The van der Waals surface area contributed by atoms with E-state index in [1.165, 1.54) is 0 Å². The van der Waals surface area contributed by atoms with Crippen LogP contribution >= 0.6 is 11.6 Å². The number of hydrogen-bond donors (Lipinski definition) is 2. The molecule has 0 amide bonds. The highest BCUT2D eigenvalue weighted by Gasteiger charge is 2.03. The molecule has 3 nitrogen and oxygen atoms in total. The van der Waals surface area contributed by atoms with E-state index in [4.69, 9.17) is 21.1 Å². The van der Waals surface area contributed by atoms with E-state index in [1.54, 1.807) is 6.07 Å². The number of halogens is 1. The van der Waals surface area contributed by atoms with Crippen LogP contribution in [0.3, 0.4) is 0 Å². The van der Waals surface area contributed by atoms with E-state index in [9.17, 15) is 0 Å². The van der Waals surface area contributed by atoms with Gasteiger partial charge in [-0.3, -0.25) is 0 Å². The molecule has 80 valence electrons. The Morgan fingerprint density at radius 3 is 2.93 bits per heavy atom. The number of aliphatic hydroxyl groups is 1. The van der Waals surface area contributed by atoms with E-state index in [-0.39, 0.29) is 6.61 Å². The first-order valence-electron chi connectivity index (χ1n) is 4.81. The van der Waals surface area contributed by atoms with Crippen molar-refractivity contribution >= 4 is 11.6 Å². The summed E-state index contributed by atoms with van der Waals surface area (Å²) < 4.78 is 5.19. The highest BCUT2D eigenvalue weighted by molar-refractivity contribution is 6.28.